The minimum absolute atomic E-state index is 0.0508. The van der Waals surface area contributed by atoms with E-state index in [4.69, 9.17) is 23.2 Å². The van der Waals surface area contributed by atoms with Gasteiger partial charge in [-0.25, -0.2) is 4.39 Å². The molecule has 1 aliphatic heterocycles. The highest BCUT2D eigenvalue weighted by molar-refractivity contribution is 6.35. The van der Waals surface area contributed by atoms with Crippen LogP contribution in [0.15, 0.2) is 42.5 Å². The van der Waals surface area contributed by atoms with Crippen LogP contribution < -0.4 is 5.32 Å². The molecular formula is C23H23Cl2FN2O2. The Kier molecular flexibility index (Phi) is 6.14. The molecule has 1 N–H and O–H groups in total. The summed E-state index contributed by atoms with van der Waals surface area (Å²) in [6, 6.07) is 11.7. The van der Waals surface area contributed by atoms with Gasteiger partial charge in [-0.15, -0.1) is 0 Å². The molecule has 1 atom stereocenters. The van der Waals surface area contributed by atoms with Gasteiger partial charge in [-0.05, 0) is 61.5 Å². The van der Waals surface area contributed by atoms with Crippen LogP contribution >= 0.6 is 23.2 Å². The average Bonchev–Trinajstić information content (AvgIpc) is 3.40. The third kappa shape index (κ3) is 4.69. The molecule has 1 aliphatic carbocycles. The number of Topliss-reactive ketones (excluding diaryl/α,β-unsaturated/α-hetero) is 1. The summed E-state index contributed by atoms with van der Waals surface area (Å²) in [5, 5.41) is 3.99. The summed E-state index contributed by atoms with van der Waals surface area (Å²) < 4.78 is 12.6. The summed E-state index contributed by atoms with van der Waals surface area (Å²) in [5.41, 5.74) is 1.79. The molecule has 7 heteroatoms. The molecule has 1 saturated carbocycles. The van der Waals surface area contributed by atoms with Crippen LogP contribution in [-0.4, -0.2) is 42.3 Å². The van der Waals surface area contributed by atoms with Crippen molar-refractivity contribution in [3.63, 3.8) is 0 Å². The molecule has 0 aromatic heterocycles. The number of nitrogens with zero attached hydrogens (tertiary/aromatic N) is 1. The van der Waals surface area contributed by atoms with Crippen LogP contribution in [0.3, 0.4) is 0 Å². The summed E-state index contributed by atoms with van der Waals surface area (Å²) in [6.45, 7) is 1.49. The third-order valence-electron chi connectivity index (χ3n) is 6.27. The molecule has 4 nitrogen and oxygen atoms in total. The summed E-state index contributed by atoms with van der Waals surface area (Å²) in [4.78, 5) is 27.2. The lowest BCUT2D eigenvalue weighted by molar-refractivity contribution is 0.0877. The van der Waals surface area contributed by atoms with Gasteiger partial charge in [0.2, 0.25) is 0 Å². The van der Waals surface area contributed by atoms with Gasteiger partial charge in [-0.3, -0.25) is 14.5 Å². The summed E-state index contributed by atoms with van der Waals surface area (Å²) >= 11 is 12.0. The molecule has 0 radical (unpaired) electrons. The lowest BCUT2D eigenvalue weighted by Crippen LogP contribution is -2.40. The highest BCUT2D eigenvalue weighted by Crippen LogP contribution is 2.54. The number of hydrogen-bond donors (Lipinski definition) is 1. The number of amides is 1. The van der Waals surface area contributed by atoms with Gasteiger partial charge < -0.3 is 5.32 Å². The van der Waals surface area contributed by atoms with Gasteiger partial charge in [0.05, 0.1) is 6.54 Å². The molecule has 158 valence electrons. The van der Waals surface area contributed by atoms with Crippen molar-refractivity contribution in [2.24, 2.45) is 5.41 Å². The van der Waals surface area contributed by atoms with E-state index in [0.29, 0.717) is 33.3 Å². The van der Waals surface area contributed by atoms with Gasteiger partial charge in [-0.2, -0.15) is 0 Å². The molecule has 1 heterocycles. The Morgan fingerprint density at radius 2 is 1.67 bits per heavy atom. The first-order chi connectivity index (χ1) is 14.4. The number of alkyl halides is 1. The van der Waals surface area contributed by atoms with Crippen molar-refractivity contribution in [3.8, 4) is 0 Å². The van der Waals surface area contributed by atoms with Gasteiger partial charge in [0, 0.05) is 27.2 Å². The topological polar surface area (TPSA) is 49.4 Å². The first-order valence-corrected chi connectivity index (χ1v) is 10.8. The van der Waals surface area contributed by atoms with Crippen molar-refractivity contribution < 1.29 is 14.0 Å². The number of ketones is 1. The van der Waals surface area contributed by atoms with Gasteiger partial charge in [0.15, 0.2) is 5.78 Å². The Bertz CT molecular complexity index is 936. The van der Waals surface area contributed by atoms with Crippen molar-refractivity contribution in [2.45, 2.75) is 32.0 Å². The van der Waals surface area contributed by atoms with Crippen molar-refractivity contribution in [1.29, 1.82) is 0 Å². The van der Waals surface area contributed by atoms with E-state index in [1.807, 2.05) is 0 Å². The number of likely N-dealkylation sites (tertiary alicyclic amines) is 1. The number of halogens is 3. The van der Waals surface area contributed by atoms with Gasteiger partial charge >= 0.3 is 0 Å². The molecule has 2 aromatic carbocycles. The Morgan fingerprint density at radius 1 is 1.03 bits per heavy atom. The quantitative estimate of drug-likeness (QED) is 0.637. The highest BCUT2D eigenvalue weighted by atomic mass is 35.5. The van der Waals surface area contributed by atoms with Crippen LogP contribution in [0.2, 0.25) is 10.0 Å². The molecule has 1 amide bonds. The van der Waals surface area contributed by atoms with Crippen LogP contribution in [0.4, 0.5) is 4.39 Å². The zero-order valence-corrected chi connectivity index (χ0v) is 18.0. The Labute approximate surface area is 185 Å². The number of carbonyl (C=O) groups excluding carboxylic acids is 2. The molecule has 1 spiro atoms. The van der Waals surface area contributed by atoms with Crippen molar-refractivity contribution in [3.05, 3.63) is 69.2 Å². The molecular weight excluding hydrogens is 426 g/mol. The fourth-order valence-corrected chi connectivity index (χ4v) is 4.79. The fraction of sp³-hybridized carbons (Fsp3) is 0.391. The van der Waals surface area contributed by atoms with Gasteiger partial charge in [0.1, 0.15) is 6.67 Å². The van der Waals surface area contributed by atoms with E-state index in [9.17, 15) is 14.0 Å². The standard InChI is InChI=1S/C23H23Cl2FN2O2/c24-18-9-17(10-19(25)11-18)22(30)27-21-12-23(21)5-7-28(8-6-23)14-20(29)16-3-1-15(13-26)2-4-16/h1-4,9-11,21H,5-8,12-14H2,(H,27,30). The largest absolute Gasteiger partial charge is 0.349 e. The minimum atomic E-state index is -0.523. The van der Waals surface area contributed by atoms with Crippen molar-refractivity contribution >= 4 is 34.9 Å². The number of hydrogen-bond acceptors (Lipinski definition) is 3. The first kappa shape index (κ1) is 21.3. The Hall–Kier alpha value is -1.95. The van der Waals surface area contributed by atoms with Crippen molar-refractivity contribution in [2.75, 3.05) is 19.6 Å². The van der Waals surface area contributed by atoms with Crippen LogP contribution in [0.1, 0.15) is 45.5 Å². The van der Waals surface area contributed by atoms with E-state index in [-0.39, 0.29) is 23.1 Å². The average molecular weight is 449 g/mol. The monoisotopic (exact) mass is 448 g/mol. The molecule has 2 fully saturated rings. The lowest BCUT2D eigenvalue weighted by atomic mass is 9.92. The number of nitrogens with one attached hydrogen (secondary N) is 1. The summed E-state index contributed by atoms with van der Waals surface area (Å²) in [7, 11) is 0. The van der Waals surface area contributed by atoms with Gasteiger partial charge in [0.25, 0.3) is 5.91 Å². The molecule has 1 saturated heterocycles. The normalized spacial score (nSPS) is 20.2. The molecule has 0 bridgehead atoms. The zero-order chi connectivity index (χ0) is 21.3. The number of carbonyl (C=O) groups is 2. The van der Waals surface area contributed by atoms with E-state index in [2.05, 4.69) is 10.2 Å². The third-order valence-corrected chi connectivity index (χ3v) is 6.71. The second kappa shape index (κ2) is 8.66. The molecule has 2 aromatic rings. The number of rotatable bonds is 6. The van der Waals surface area contributed by atoms with E-state index in [0.717, 1.165) is 32.4 Å². The predicted molar refractivity (Wildman–Crippen MR) is 116 cm³/mol. The smallest absolute Gasteiger partial charge is 0.251 e. The summed E-state index contributed by atoms with van der Waals surface area (Å²) in [5.74, 6) is -0.106. The SMILES string of the molecule is O=C(CN1CCC2(CC1)CC2NC(=O)c1cc(Cl)cc(Cl)c1)c1ccc(CF)cc1. The maximum atomic E-state index is 12.6. The molecule has 4 rings (SSSR count). The Balaban J connectivity index is 1.27. The lowest BCUT2D eigenvalue weighted by Gasteiger charge is -2.32. The zero-order valence-electron chi connectivity index (χ0n) is 16.5. The van der Waals surface area contributed by atoms with E-state index in [1.54, 1.807) is 42.5 Å². The van der Waals surface area contributed by atoms with E-state index >= 15 is 0 Å². The first-order valence-electron chi connectivity index (χ1n) is 10.1. The van der Waals surface area contributed by atoms with E-state index < -0.39 is 6.67 Å². The maximum Gasteiger partial charge on any atom is 0.251 e. The second-order valence-corrected chi connectivity index (χ2v) is 9.15. The van der Waals surface area contributed by atoms with Crippen molar-refractivity contribution in [1.82, 2.24) is 10.2 Å². The summed E-state index contributed by atoms with van der Waals surface area (Å²) in [6.07, 6.45) is 2.85. The van der Waals surface area contributed by atoms with Gasteiger partial charge in [-0.1, -0.05) is 47.5 Å². The van der Waals surface area contributed by atoms with Crippen LogP contribution in [0, 0.1) is 5.41 Å². The number of benzene rings is 2. The fourth-order valence-electron chi connectivity index (χ4n) is 4.26. The predicted octanol–water partition coefficient (Wildman–Crippen LogP) is 4.93. The maximum absolute atomic E-state index is 12.6. The van der Waals surface area contributed by atoms with Crippen LogP contribution in [0.5, 0.6) is 0 Å². The van der Waals surface area contributed by atoms with Crippen LogP contribution in [0.25, 0.3) is 0 Å². The Morgan fingerprint density at radius 3 is 2.27 bits per heavy atom. The van der Waals surface area contributed by atoms with E-state index in [1.165, 1.54) is 0 Å². The molecule has 1 unspecified atom stereocenters. The second-order valence-electron chi connectivity index (χ2n) is 8.28. The molecule has 2 aliphatic rings. The van der Waals surface area contributed by atoms with Crippen LogP contribution in [-0.2, 0) is 6.67 Å². The molecule has 30 heavy (non-hydrogen) atoms. The minimum Gasteiger partial charge on any atom is -0.349 e. The highest BCUT2D eigenvalue weighted by Gasteiger charge is 2.55. The number of piperidine rings is 1.